The molecule has 1 rings (SSSR count). The molecule has 0 aliphatic carbocycles. The lowest BCUT2D eigenvalue weighted by atomic mass is 10.1. The van der Waals surface area contributed by atoms with Crippen molar-refractivity contribution in [3.05, 3.63) is 16.9 Å². The summed E-state index contributed by atoms with van der Waals surface area (Å²) in [4.78, 5) is 14.3. The van der Waals surface area contributed by atoms with Crippen LogP contribution in [0.25, 0.3) is 0 Å². The summed E-state index contributed by atoms with van der Waals surface area (Å²) in [6.45, 7) is 3.69. The first-order valence-corrected chi connectivity index (χ1v) is 7.33. The predicted molar refractivity (Wildman–Crippen MR) is 78.9 cm³/mol. The Labute approximate surface area is 120 Å². The number of carbonyl (C=O) groups is 1. The molecule has 0 amide bonds. The third kappa shape index (κ3) is 5.33. The van der Waals surface area contributed by atoms with Gasteiger partial charge in [0, 0.05) is 13.0 Å². The standard InChI is InChI=1S/C14H24ClN3O/c1-4-5-6-7-8-13(19)14-12(15)11-16-18(14)10-9-17(2)3/h11H,4-10H2,1-3H3. The van der Waals surface area contributed by atoms with Crippen LogP contribution in [0.3, 0.4) is 0 Å². The van der Waals surface area contributed by atoms with Crippen LogP contribution in [0.1, 0.15) is 49.5 Å². The SMILES string of the molecule is CCCCCCC(=O)c1c(Cl)cnn1CCN(C)C. The zero-order valence-electron chi connectivity index (χ0n) is 12.2. The minimum Gasteiger partial charge on any atom is -0.308 e. The molecule has 19 heavy (non-hydrogen) atoms. The van der Waals surface area contributed by atoms with Gasteiger partial charge in [0.25, 0.3) is 0 Å². The smallest absolute Gasteiger partial charge is 0.182 e. The molecule has 0 radical (unpaired) electrons. The van der Waals surface area contributed by atoms with Crippen molar-refractivity contribution < 1.29 is 4.79 Å². The second-order valence-electron chi connectivity index (χ2n) is 5.10. The van der Waals surface area contributed by atoms with Crippen molar-refractivity contribution >= 4 is 17.4 Å². The van der Waals surface area contributed by atoms with Gasteiger partial charge >= 0.3 is 0 Å². The van der Waals surface area contributed by atoms with E-state index in [1.54, 1.807) is 10.9 Å². The summed E-state index contributed by atoms with van der Waals surface area (Å²) >= 11 is 6.08. The highest BCUT2D eigenvalue weighted by Gasteiger charge is 2.16. The van der Waals surface area contributed by atoms with E-state index in [1.165, 1.54) is 12.8 Å². The third-order valence-electron chi connectivity index (χ3n) is 3.08. The molecule has 0 bridgehead atoms. The first-order chi connectivity index (χ1) is 9.06. The van der Waals surface area contributed by atoms with Crippen molar-refractivity contribution in [2.75, 3.05) is 20.6 Å². The van der Waals surface area contributed by atoms with Gasteiger partial charge in [-0.15, -0.1) is 0 Å². The van der Waals surface area contributed by atoms with Crippen LogP contribution in [-0.4, -0.2) is 41.1 Å². The highest BCUT2D eigenvalue weighted by atomic mass is 35.5. The number of aromatic nitrogens is 2. The second-order valence-corrected chi connectivity index (χ2v) is 5.51. The Kier molecular flexibility index (Phi) is 7.10. The summed E-state index contributed by atoms with van der Waals surface area (Å²) in [7, 11) is 3.99. The first-order valence-electron chi connectivity index (χ1n) is 6.95. The maximum atomic E-state index is 12.2. The van der Waals surface area contributed by atoms with E-state index in [2.05, 4.69) is 16.9 Å². The Balaban J connectivity index is 2.59. The third-order valence-corrected chi connectivity index (χ3v) is 3.35. The Morgan fingerprint density at radius 1 is 1.37 bits per heavy atom. The molecule has 0 N–H and O–H groups in total. The average molecular weight is 286 g/mol. The summed E-state index contributed by atoms with van der Waals surface area (Å²) in [6, 6.07) is 0. The Morgan fingerprint density at radius 3 is 2.74 bits per heavy atom. The topological polar surface area (TPSA) is 38.1 Å². The van der Waals surface area contributed by atoms with Gasteiger partial charge in [-0.3, -0.25) is 9.48 Å². The molecule has 108 valence electrons. The van der Waals surface area contributed by atoms with Crippen molar-refractivity contribution in [2.45, 2.75) is 45.6 Å². The Hall–Kier alpha value is -0.870. The number of hydrogen-bond donors (Lipinski definition) is 0. The van der Waals surface area contributed by atoms with E-state index in [0.717, 1.165) is 19.4 Å². The van der Waals surface area contributed by atoms with Gasteiger partial charge in [0.15, 0.2) is 5.78 Å². The molecule has 0 spiro atoms. The molecule has 0 unspecified atom stereocenters. The number of Topliss-reactive ketones (excluding diaryl/α,β-unsaturated/α-hetero) is 1. The largest absolute Gasteiger partial charge is 0.308 e. The lowest BCUT2D eigenvalue weighted by Crippen LogP contribution is -2.21. The van der Waals surface area contributed by atoms with Crippen LogP contribution in [0.2, 0.25) is 5.02 Å². The maximum absolute atomic E-state index is 12.2. The lowest BCUT2D eigenvalue weighted by Gasteiger charge is -2.11. The van der Waals surface area contributed by atoms with E-state index in [-0.39, 0.29) is 5.78 Å². The van der Waals surface area contributed by atoms with Gasteiger partial charge < -0.3 is 4.90 Å². The molecule has 1 aromatic heterocycles. The maximum Gasteiger partial charge on any atom is 0.182 e. The average Bonchev–Trinajstić information content (AvgIpc) is 2.73. The summed E-state index contributed by atoms with van der Waals surface area (Å²) in [6.07, 6.45) is 6.52. The number of ketones is 1. The van der Waals surface area contributed by atoms with Gasteiger partial charge in [0.05, 0.1) is 17.8 Å². The van der Waals surface area contributed by atoms with E-state index in [4.69, 9.17) is 11.6 Å². The molecule has 0 aliphatic rings. The Morgan fingerprint density at radius 2 is 2.11 bits per heavy atom. The summed E-state index contributed by atoms with van der Waals surface area (Å²) in [5, 5.41) is 4.66. The zero-order valence-corrected chi connectivity index (χ0v) is 12.9. The molecular weight excluding hydrogens is 262 g/mol. The molecule has 0 fully saturated rings. The number of likely N-dealkylation sites (N-methyl/N-ethyl adjacent to an activating group) is 1. The van der Waals surface area contributed by atoms with E-state index < -0.39 is 0 Å². The molecule has 1 aromatic rings. The minimum absolute atomic E-state index is 0.109. The van der Waals surface area contributed by atoms with Crippen LogP contribution in [0.4, 0.5) is 0 Å². The fourth-order valence-corrected chi connectivity index (χ4v) is 2.18. The van der Waals surface area contributed by atoms with Crippen LogP contribution in [0.15, 0.2) is 6.20 Å². The molecule has 0 aliphatic heterocycles. The van der Waals surface area contributed by atoms with Gasteiger partial charge in [-0.25, -0.2) is 0 Å². The van der Waals surface area contributed by atoms with E-state index in [9.17, 15) is 4.79 Å². The molecule has 0 saturated carbocycles. The predicted octanol–water partition coefficient (Wildman–Crippen LogP) is 3.25. The normalized spacial score (nSPS) is 11.2. The Bertz CT molecular complexity index is 401. The fraction of sp³-hybridized carbons (Fsp3) is 0.714. The number of hydrogen-bond acceptors (Lipinski definition) is 3. The van der Waals surface area contributed by atoms with Crippen LogP contribution < -0.4 is 0 Å². The zero-order chi connectivity index (χ0) is 14.3. The van der Waals surface area contributed by atoms with Gasteiger partial charge in [0.2, 0.25) is 0 Å². The van der Waals surface area contributed by atoms with E-state index >= 15 is 0 Å². The van der Waals surface area contributed by atoms with Crippen molar-refractivity contribution in [3.63, 3.8) is 0 Å². The molecule has 0 saturated heterocycles. The van der Waals surface area contributed by atoms with Crippen molar-refractivity contribution in [1.29, 1.82) is 0 Å². The first kappa shape index (κ1) is 16.2. The van der Waals surface area contributed by atoms with Gasteiger partial charge in [-0.1, -0.05) is 37.8 Å². The van der Waals surface area contributed by atoms with Gasteiger partial charge in [-0.05, 0) is 20.5 Å². The number of rotatable bonds is 9. The van der Waals surface area contributed by atoms with Crippen molar-refractivity contribution in [2.24, 2.45) is 0 Å². The molecule has 5 heteroatoms. The number of carbonyl (C=O) groups excluding carboxylic acids is 1. The van der Waals surface area contributed by atoms with Gasteiger partial charge in [-0.2, -0.15) is 5.10 Å². The van der Waals surface area contributed by atoms with E-state index in [0.29, 0.717) is 23.7 Å². The summed E-state index contributed by atoms with van der Waals surface area (Å²) < 4.78 is 1.73. The number of nitrogens with zero attached hydrogens (tertiary/aromatic N) is 3. The summed E-state index contributed by atoms with van der Waals surface area (Å²) in [5.74, 6) is 0.109. The number of unbranched alkanes of at least 4 members (excludes halogenated alkanes) is 3. The highest BCUT2D eigenvalue weighted by Crippen LogP contribution is 2.18. The van der Waals surface area contributed by atoms with Crippen LogP contribution >= 0.6 is 11.6 Å². The highest BCUT2D eigenvalue weighted by molar-refractivity contribution is 6.33. The molecule has 4 nitrogen and oxygen atoms in total. The molecular formula is C14H24ClN3O. The lowest BCUT2D eigenvalue weighted by molar-refractivity contribution is 0.0968. The van der Waals surface area contributed by atoms with Gasteiger partial charge in [0.1, 0.15) is 5.69 Å². The molecule has 1 heterocycles. The van der Waals surface area contributed by atoms with Crippen molar-refractivity contribution in [1.82, 2.24) is 14.7 Å². The second kappa shape index (κ2) is 8.33. The van der Waals surface area contributed by atoms with Crippen LogP contribution in [0.5, 0.6) is 0 Å². The van der Waals surface area contributed by atoms with Crippen LogP contribution in [-0.2, 0) is 6.54 Å². The minimum atomic E-state index is 0.109. The van der Waals surface area contributed by atoms with Crippen LogP contribution in [0, 0.1) is 0 Å². The monoisotopic (exact) mass is 285 g/mol. The fourth-order valence-electron chi connectivity index (χ4n) is 1.93. The number of halogens is 1. The molecule has 0 atom stereocenters. The summed E-state index contributed by atoms with van der Waals surface area (Å²) in [5.41, 5.74) is 0.569. The molecule has 0 aromatic carbocycles. The van der Waals surface area contributed by atoms with E-state index in [1.807, 2.05) is 14.1 Å². The quantitative estimate of drug-likeness (QED) is 0.516. The van der Waals surface area contributed by atoms with Crippen molar-refractivity contribution in [3.8, 4) is 0 Å².